The molecule has 18 heavy (non-hydrogen) atoms. The summed E-state index contributed by atoms with van der Waals surface area (Å²) in [6, 6.07) is 0. The molecule has 0 saturated heterocycles. The van der Waals surface area contributed by atoms with Crippen molar-refractivity contribution in [3.05, 3.63) is 0 Å². The summed E-state index contributed by atoms with van der Waals surface area (Å²) in [7, 11) is 0. The molecule has 4 atom stereocenters. The van der Waals surface area contributed by atoms with E-state index in [1.165, 1.54) is 0 Å². The largest absolute Gasteiger partial charge is 0.394 e. The molecule has 0 bridgehead atoms. The minimum absolute atomic E-state index is 0.330. The van der Waals surface area contributed by atoms with E-state index in [9.17, 15) is 15.3 Å². The molecule has 0 aromatic carbocycles. The van der Waals surface area contributed by atoms with Crippen molar-refractivity contribution in [3.63, 3.8) is 0 Å². The van der Waals surface area contributed by atoms with Gasteiger partial charge >= 0.3 is 0 Å². The van der Waals surface area contributed by atoms with Gasteiger partial charge in [0.05, 0.1) is 13.2 Å². The molecule has 5 N–H and O–H groups in total. The summed E-state index contributed by atoms with van der Waals surface area (Å²) in [6.07, 6.45) is -1.27. The lowest BCUT2D eigenvalue weighted by atomic mass is 10.0. The van der Waals surface area contributed by atoms with Crippen LogP contribution in [0.15, 0.2) is 0 Å². The highest BCUT2D eigenvalue weighted by atomic mass is 16.5. The molecule has 0 spiro atoms. The molecule has 0 aromatic rings. The summed E-state index contributed by atoms with van der Waals surface area (Å²) in [5.74, 6) is 0. The van der Waals surface area contributed by atoms with Crippen LogP contribution in [0.5, 0.6) is 0 Å². The van der Waals surface area contributed by atoms with Crippen LogP contribution in [0.2, 0.25) is 0 Å². The van der Waals surface area contributed by atoms with Crippen molar-refractivity contribution < 1.29 is 30.3 Å². The van der Waals surface area contributed by atoms with Gasteiger partial charge < -0.3 is 30.3 Å². The van der Waals surface area contributed by atoms with Gasteiger partial charge in [-0.1, -0.05) is 26.2 Å². The number of aliphatic hydroxyl groups is 5. The van der Waals surface area contributed by atoms with Crippen LogP contribution in [0.3, 0.4) is 0 Å². The Balaban J connectivity index is 4.15. The predicted octanol–water partition coefficient (Wildman–Crippen LogP) is -0.981. The number of hydrogen-bond acceptors (Lipinski definition) is 6. The van der Waals surface area contributed by atoms with Crippen LogP contribution in [0.1, 0.15) is 32.6 Å². The van der Waals surface area contributed by atoms with E-state index in [1.807, 2.05) is 0 Å². The summed E-state index contributed by atoms with van der Waals surface area (Å²) in [5, 5.41) is 46.1. The second kappa shape index (κ2) is 10.7. The number of ether oxygens (including phenoxy) is 1. The molecule has 0 aliphatic heterocycles. The highest BCUT2D eigenvalue weighted by Crippen LogP contribution is 2.11. The molecule has 0 radical (unpaired) electrons. The van der Waals surface area contributed by atoms with Gasteiger partial charge in [0.15, 0.2) is 0 Å². The standard InChI is InChI=1S/C12H26O6/c1-2-3-4-5-6-18-12(10(16)8-14)11(17)9(15)7-13/h9-17H,2-8H2,1H3/t9-,10+,11+,12+/m0/s1. The molecule has 6 nitrogen and oxygen atoms in total. The van der Waals surface area contributed by atoms with Crippen LogP contribution in [-0.2, 0) is 4.74 Å². The van der Waals surface area contributed by atoms with E-state index in [1.54, 1.807) is 0 Å². The van der Waals surface area contributed by atoms with Crippen molar-refractivity contribution >= 4 is 0 Å². The van der Waals surface area contributed by atoms with Crippen LogP contribution in [-0.4, -0.2) is 69.8 Å². The van der Waals surface area contributed by atoms with Crippen LogP contribution < -0.4 is 0 Å². The molecule has 0 aromatic heterocycles. The molecule has 0 rings (SSSR count). The van der Waals surface area contributed by atoms with Gasteiger partial charge in [-0.15, -0.1) is 0 Å². The highest BCUT2D eigenvalue weighted by Gasteiger charge is 2.32. The van der Waals surface area contributed by atoms with Gasteiger partial charge in [0.1, 0.15) is 24.4 Å². The Labute approximate surface area is 108 Å². The van der Waals surface area contributed by atoms with Gasteiger partial charge in [-0.05, 0) is 6.42 Å². The lowest BCUT2D eigenvalue weighted by molar-refractivity contribution is -0.149. The highest BCUT2D eigenvalue weighted by molar-refractivity contribution is 4.81. The van der Waals surface area contributed by atoms with E-state index >= 15 is 0 Å². The zero-order valence-electron chi connectivity index (χ0n) is 10.9. The predicted molar refractivity (Wildman–Crippen MR) is 66.1 cm³/mol. The maximum Gasteiger partial charge on any atom is 0.114 e. The topological polar surface area (TPSA) is 110 Å². The molecular formula is C12H26O6. The van der Waals surface area contributed by atoms with E-state index in [0.29, 0.717) is 6.61 Å². The summed E-state index contributed by atoms with van der Waals surface area (Å²) >= 11 is 0. The third-order valence-electron chi connectivity index (χ3n) is 2.79. The zero-order valence-corrected chi connectivity index (χ0v) is 10.9. The molecular weight excluding hydrogens is 240 g/mol. The first-order chi connectivity index (χ1) is 8.58. The first-order valence-electron chi connectivity index (χ1n) is 6.46. The Morgan fingerprint density at radius 2 is 1.50 bits per heavy atom. The molecule has 0 heterocycles. The molecule has 0 fully saturated rings. The monoisotopic (exact) mass is 266 g/mol. The zero-order chi connectivity index (χ0) is 14.0. The lowest BCUT2D eigenvalue weighted by Gasteiger charge is -2.29. The number of rotatable bonds is 11. The lowest BCUT2D eigenvalue weighted by Crippen LogP contribution is -2.48. The van der Waals surface area contributed by atoms with E-state index in [0.717, 1.165) is 25.7 Å². The summed E-state index contributed by atoms with van der Waals surface area (Å²) in [5.41, 5.74) is 0. The average Bonchev–Trinajstić information content (AvgIpc) is 2.40. The first kappa shape index (κ1) is 17.8. The smallest absolute Gasteiger partial charge is 0.114 e. The van der Waals surface area contributed by atoms with Crippen molar-refractivity contribution in [1.29, 1.82) is 0 Å². The van der Waals surface area contributed by atoms with E-state index in [-0.39, 0.29) is 0 Å². The van der Waals surface area contributed by atoms with Crippen LogP contribution >= 0.6 is 0 Å². The fourth-order valence-corrected chi connectivity index (χ4v) is 1.62. The summed E-state index contributed by atoms with van der Waals surface area (Å²) in [4.78, 5) is 0. The molecule has 0 unspecified atom stereocenters. The van der Waals surface area contributed by atoms with Gasteiger partial charge in [-0.25, -0.2) is 0 Å². The van der Waals surface area contributed by atoms with Gasteiger partial charge in [0.25, 0.3) is 0 Å². The second-order valence-electron chi connectivity index (χ2n) is 4.39. The fourth-order valence-electron chi connectivity index (χ4n) is 1.62. The normalized spacial score (nSPS) is 18.3. The molecule has 0 amide bonds. The van der Waals surface area contributed by atoms with Gasteiger partial charge in [-0.3, -0.25) is 0 Å². The Morgan fingerprint density at radius 1 is 0.889 bits per heavy atom. The van der Waals surface area contributed by atoms with Crippen molar-refractivity contribution in [2.75, 3.05) is 19.8 Å². The summed E-state index contributed by atoms with van der Waals surface area (Å²) in [6.45, 7) is 1.21. The van der Waals surface area contributed by atoms with E-state index in [4.69, 9.17) is 14.9 Å². The third-order valence-corrected chi connectivity index (χ3v) is 2.79. The van der Waals surface area contributed by atoms with Crippen LogP contribution in [0.25, 0.3) is 0 Å². The van der Waals surface area contributed by atoms with E-state index in [2.05, 4.69) is 6.92 Å². The Morgan fingerprint density at radius 3 is 2.00 bits per heavy atom. The quantitative estimate of drug-likeness (QED) is 0.307. The van der Waals surface area contributed by atoms with Crippen LogP contribution in [0, 0.1) is 0 Å². The Kier molecular flexibility index (Phi) is 10.5. The second-order valence-corrected chi connectivity index (χ2v) is 4.39. The fraction of sp³-hybridized carbons (Fsp3) is 1.00. The maximum atomic E-state index is 9.68. The Bertz CT molecular complexity index is 189. The molecule has 110 valence electrons. The maximum absolute atomic E-state index is 9.68. The van der Waals surface area contributed by atoms with E-state index < -0.39 is 37.6 Å². The minimum Gasteiger partial charge on any atom is -0.394 e. The first-order valence-corrected chi connectivity index (χ1v) is 6.46. The number of hydrogen-bond donors (Lipinski definition) is 5. The molecule has 0 aliphatic carbocycles. The summed E-state index contributed by atoms with van der Waals surface area (Å²) < 4.78 is 5.30. The van der Waals surface area contributed by atoms with Gasteiger partial charge in [0.2, 0.25) is 0 Å². The minimum atomic E-state index is -1.43. The SMILES string of the molecule is CCCCCCO[C@@H]([C@H](O)[C@@H](O)CO)[C@H](O)CO. The van der Waals surface area contributed by atoms with Gasteiger partial charge in [0, 0.05) is 6.61 Å². The molecule has 6 heteroatoms. The number of unbranched alkanes of at least 4 members (excludes halogenated alkanes) is 3. The third kappa shape index (κ3) is 6.63. The van der Waals surface area contributed by atoms with Crippen molar-refractivity contribution in [2.45, 2.75) is 57.0 Å². The van der Waals surface area contributed by atoms with Gasteiger partial charge in [-0.2, -0.15) is 0 Å². The average molecular weight is 266 g/mol. The van der Waals surface area contributed by atoms with Crippen molar-refractivity contribution in [3.8, 4) is 0 Å². The Hall–Kier alpha value is -0.240. The number of aliphatic hydroxyl groups excluding tert-OH is 5. The molecule has 0 saturated carbocycles. The van der Waals surface area contributed by atoms with Crippen LogP contribution in [0.4, 0.5) is 0 Å². The van der Waals surface area contributed by atoms with Crippen molar-refractivity contribution in [1.82, 2.24) is 0 Å². The molecule has 0 aliphatic rings. The van der Waals surface area contributed by atoms with Crippen molar-refractivity contribution in [2.24, 2.45) is 0 Å².